The van der Waals surface area contributed by atoms with E-state index < -0.39 is 24.0 Å². The van der Waals surface area contributed by atoms with Crippen molar-refractivity contribution in [2.75, 3.05) is 13.1 Å². The van der Waals surface area contributed by atoms with Gasteiger partial charge < -0.3 is 20.4 Å². The van der Waals surface area contributed by atoms with Crippen LogP contribution in [0, 0.1) is 13.8 Å². The van der Waals surface area contributed by atoms with Crippen molar-refractivity contribution < 1.29 is 30.0 Å². The Morgan fingerprint density at radius 3 is 1.43 bits per heavy atom. The van der Waals surface area contributed by atoms with Crippen LogP contribution in [-0.4, -0.2) is 79.8 Å². The number of phenols is 2. The maximum Gasteiger partial charge on any atom is 0.320 e. The first-order valence-electron chi connectivity index (χ1n) is 17.4. The number of aromatic hydroxyl groups is 2. The number of aliphatic imine (C=N–C) groups is 2. The Balaban J connectivity index is 1.07. The van der Waals surface area contributed by atoms with Crippen molar-refractivity contribution in [2.24, 2.45) is 9.98 Å². The summed E-state index contributed by atoms with van der Waals surface area (Å²) < 4.78 is 0. The number of aliphatic carboxylic acids is 2. The fourth-order valence-electron chi connectivity index (χ4n) is 7.16. The minimum atomic E-state index is -0.824. The van der Waals surface area contributed by atoms with Crippen LogP contribution in [0.25, 0.3) is 0 Å². The molecule has 264 valence electrons. The van der Waals surface area contributed by atoms with Crippen LogP contribution < -0.4 is 0 Å². The van der Waals surface area contributed by atoms with Gasteiger partial charge in [0.25, 0.3) is 0 Å². The van der Waals surface area contributed by atoms with Gasteiger partial charge in [-0.3, -0.25) is 29.4 Å². The monoisotopic (exact) mass is 688 g/mol. The largest absolute Gasteiger partial charge is 0.507 e. The predicted octanol–water partition coefficient (Wildman–Crippen LogP) is 6.90. The van der Waals surface area contributed by atoms with E-state index in [0.29, 0.717) is 61.3 Å². The van der Waals surface area contributed by atoms with Gasteiger partial charge in [-0.1, -0.05) is 36.4 Å². The van der Waals surface area contributed by atoms with E-state index in [9.17, 15) is 30.0 Å². The Kier molecular flexibility index (Phi) is 10.9. The van der Waals surface area contributed by atoms with Crippen LogP contribution in [0.3, 0.4) is 0 Å². The lowest BCUT2D eigenvalue weighted by atomic mass is 10.0. The molecule has 4 aromatic rings. The lowest BCUT2D eigenvalue weighted by Gasteiger charge is -2.22. The smallest absolute Gasteiger partial charge is 0.320 e. The highest BCUT2D eigenvalue weighted by atomic mass is 16.4. The number of nitrogens with zero attached hydrogens (tertiary/aromatic N) is 4. The molecule has 0 amide bonds. The molecule has 2 aliphatic heterocycles. The van der Waals surface area contributed by atoms with Crippen LogP contribution >= 0.6 is 0 Å². The number of hydrogen-bond acceptors (Lipinski definition) is 8. The molecule has 2 saturated heterocycles. The number of likely N-dealkylation sites (tertiary alicyclic amines) is 2. The van der Waals surface area contributed by atoms with Gasteiger partial charge in [-0.05, 0) is 118 Å². The number of carboxylic acids is 2. The molecule has 0 unspecified atom stereocenters. The summed E-state index contributed by atoms with van der Waals surface area (Å²) in [6.07, 6.45) is 6.92. The summed E-state index contributed by atoms with van der Waals surface area (Å²) in [6.45, 7) is 6.04. The molecule has 4 aromatic carbocycles. The molecule has 0 radical (unpaired) electrons. The van der Waals surface area contributed by atoms with E-state index >= 15 is 0 Å². The molecular formula is C41H44N4O6. The second kappa shape index (κ2) is 15.7. The molecule has 2 aliphatic rings. The molecule has 10 nitrogen and oxygen atoms in total. The van der Waals surface area contributed by atoms with Crippen LogP contribution in [0.4, 0.5) is 11.4 Å². The van der Waals surface area contributed by atoms with E-state index in [1.54, 1.807) is 12.4 Å². The van der Waals surface area contributed by atoms with Crippen molar-refractivity contribution in [1.82, 2.24) is 9.80 Å². The topological polar surface area (TPSA) is 146 Å². The first kappa shape index (κ1) is 35.5. The van der Waals surface area contributed by atoms with E-state index in [-0.39, 0.29) is 11.5 Å². The number of carbonyl (C=O) groups is 2. The Hall–Kier alpha value is -5.32. The fourth-order valence-corrected chi connectivity index (χ4v) is 7.16. The van der Waals surface area contributed by atoms with Gasteiger partial charge in [-0.2, -0.15) is 0 Å². The van der Waals surface area contributed by atoms with Crippen molar-refractivity contribution in [3.8, 4) is 11.5 Å². The molecule has 6 rings (SSSR count). The van der Waals surface area contributed by atoms with Crippen LogP contribution in [0.15, 0.2) is 82.8 Å². The summed E-state index contributed by atoms with van der Waals surface area (Å²) in [6, 6.07) is 22.4. The van der Waals surface area contributed by atoms with Gasteiger partial charge in [-0.15, -0.1) is 0 Å². The summed E-state index contributed by atoms with van der Waals surface area (Å²) in [5.41, 5.74) is 8.25. The van der Waals surface area contributed by atoms with Crippen molar-refractivity contribution in [3.05, 3.63) is 117 Å². The van der Waals surface area contributed by atoms with E-state index in [0.717, 1.165) is 52.9 Å². The van der Waals surface area contributed by atoms with Crippen molar-refractivity contribution in [2.45, 2.75) is 71.1 Å². The second-order valence-corrected chi connectivity index (χ2v) is 13.7. The van der Waals surface area contributed by atoms with E-state index in [1.807, 2.05) is 96.4 Å². The SMILES string of the molecule is Cc1cc(C=Nc2ccc(Cc3ccc(N=Cc4cc(C)cc(CN5CCC[C@H]5C(=O)O)c4O)cc3)cc2)c(O)c(CN2CCC[C@H]2C(=O)O)c1. The average Bonchev–Trinajstić information content (AvgIpc) is 3.78. The summed E-state index contributed by atoms with van der Waals surface area (Å²) in [5.74, 6) is -1.40. The maximum atomic E-state index is 11.6. The Bertz CT molecular complexity index is 1810. The summed E-state index contributed by atoms with van der Waals surface area (Å²) in [4.78, 5) is 36.3. The zero-order chi connectivity index (χ0) is 36.1. The van der Waals surface area contributed by atoms with Crippen molar-refractivity contribution >= 4 is 35.7 Å². The van der Waals surface area contributed by atoms with E-state index in [4.69, 9.17) is 0 Å². The molecular weight excluding hydrogens is 644 g/mol. The number of phenolic OH excluding ortho intramolecular Hbond substituents is 2. The van der Waals surface area contributed by atoms with E-state index in [1.165, 1.54) is 0 Å². The highest BCUT2D eigenvalue weighted by Gasteiger charge is 2.32. The molecule has 2 heterocycles. The molecule has 10 heteroatoms. The molecule has 0 saturated carbocycles. The molecule has 2 atom stereocenters. The quantitative estimate of drug-likeness (QED) is 0.118. The van der Waals surface area contributed by atoms with Crippen LogP contribution in [0.2, 0.25) is 0 Å². The van der Waals surface area contributed by atoms with Gasteiger partial charge in [0.2, 0.25) is 0 Å². The minimum absolute atomic E-state index is 0.124. The Morgan fingerprint density at radius 1 is 0.667 bits per heavy atom. The maximum absolute atomic E-state index is 11.6. The molecule has 0 spiro atoms. The molecule has 51 heavy (non-hydrogen) atoms. The van der Waals surface area contributed by atoms with Crippen LogP contribution in [0.1, 0.15) is 70.2 Å². The number of benzene rings is 4. The molecule has 2 fully saturated rings. The van der Waals surface area contributed by atoms with Crippen molar-refractivity contribution in [1.29, 1.82) is 0 Å². The highest BCUT2D eigenvalue weighted by Crippen LogP contribution is 2.30. The average molecular weight is 689 g/mol. The summed E-state index contributed by atoms with van der Waals surface area (Å²) in [5, 5.41) is 41.1. The molecule has 0 aromatic heterocycles. The van der Waals surface area contributed by atoms with Crippen LogP contribution in [0.5, 0.6) is 11.5 Å². The summed E-state index contributed by atoms with van der Waals surface area (Å²) >= 11 is 0. The van der Waals surface area contributed by atoms with Crippen molar-refractivity contribution in [3.63, 3.8) is 0 Å². The van der Waals surface area contributed by atoms with Gasteiger partial charge in [-0.25, -0.2) is 0 Å². The Labute approximate surface area is 298 Å². The molecule has 0 bridgehead atoms. The van der Waals surface area contributed by atoms with Gasteiger partial charge in [0, 0.05) is 47.8 Å². The molecule has 0 aliphatic carbocycles. The number of carboxylic acid groups (broad SMARTS) is 2. The number of rotatable bonds is 12. The van der Waals surface area contributed by atoms with Gasteiger partial charge in [0.05, 0.1) is 11.4 Å². The third-order valence-electron chi connectivity index (χ3n) is 9.76. The molecule has 4 N–H and O–H groups in total. The highest BCUT2D eigenvalue weighted by molar-refractivity contribution is 5.87. The summed E-state index contributed by atoms with van der Waals surface area (Å²) in [7, 11) is 0. The van der Waals surface area contributed by atoms with Crippen LogP contribution in [-0.2, 0) is 29.1 Å². The van der Waals surface area contributed by atoms with Gasteiger partial charge in [0.1, 0.15) is 23.6 Å². The first-order valence-corrected chi connectivity index (χ1v) is 17.4. The zero-order valence-electron chi connectivity index (χ0n) is 29.0. The first-order chi connectivity index (χ1) is 24.5. The number of hydrogen-bond donors (Lipinski definition) is 4. The fraction of sp³-hybridized carbons (Fsp3) is 0.317. The third-order valence-corrected chi connectivity index (χ3v) is 9.76. The van der Waals surface area contributed by atoms with E-state index in [2.05, 4.69) is 9.98 Å². The number of aryl methyl sites for hydroxylation is 2. The lowest BCUT2D eigenvalue weighted by molar-refractivity contribution is -0.143. The normalized spacial score (nSPS) is 18.3. The predicted molar refractivity (Wildman–Crippen MR) is 198 cm³/mol. The second-order valence-electron chi connectivity index (χ2n) is 13.7. The minimum Gasteiger partial charge on any atom is -0.507 e. The lowest BCUT2D eigenvalue weighted by Crippen LogP contribution is -2.35. The van der Waals surface area contributed by atoms with Gasteiger partial charge in [0.15, 0.2) is 0 Å². The standard InChI is InChI=1S/C41H44N4O6/c1-26-17-30(38(46)32(19-26)24-44-15-3-5-36(44)40(48)49)22-42-34-11-7-28(8-12-34)21-29-9-13-35(14-10-29)43-23-31-18-27(2)20-33(39(31)47)25-45-16-4-6-37(45)41(50)51/h7-14,17-20,22-23,36-37,46-47H,3-6,15-16,21,24-25H2,1-2H3,(H,48,49)(H,50,51)/t36-,37-/m0/s1. The zero-order valence-corrected chi connectivity index (χ0v) is 29.0. The Morgan fingerprint density at radius 2 is 1.06 bits per heavy atom. The van der Waals surface area contributed by atoms with Gasteiger partial charge >= 0.3 is 11.9 Å². The third kappa shape index (κ3) is 8.71.